The van der Waals surface area contributed by atoms with Gasteiger partial charge in [0.15, 0.2) is 0 Å². The number of aromatic nitrogens is 2. The number of ether oxygens (including phenoxy) is 1. The minimum Gasteiger partial charge on any atom is -0.497 e. The molecule has 1 amide bonds. The number of nitrogens with zero attached hydrogens (tertiary/aromatic N) is 2. The van der Waals surface area contributed by atoms with Gasteiger partial charge in [-0.05, 0) is 44.0 Å². The van der Waals surface area contributed by atoms with Gasteiger partial charge in [0.2, 0.25) is 17.6 Å². The van der Waals surface area contributed by atoms with Crippen molar-refractivity contribution in [1.82, 2.24) is 15.5 Å². The van der Waals surface area contributed by atoms with Crippen LogP contribution in [0.2, 0.25) is 0 Å². The summed E-state index contributed by atoms with van der Waals surface area (Å²) in [5, 5.41) is 7.00. The van der Waals surface area contributed by atoms with Crippen LogP contribution in [-0.4, -0.2) is 23.2 Å². The minimum absolute atomic E-state index is 0.0893. The van der Waals surface area contributed by atoms with Crippen molar-refractivity contribution in [3.63, 3.8) is 0 Å². The first kappa shape index (κ1) is 16.5. The normalized spacial score (nSPS) is 16.6. The lowest BCUT2D eigenvalue weighted by molar-refractivity contribution is -0.126. The summed E-state index contributed by atoms with van der Waals surface area (Å²) in [5.74, 6) is 1.91. The molecular weight excluding hydrogens is 306 g/mol. The molecule has 2 aromatic rings. The van der Waals surface area contributed by atoms with Gasteiger partial charge in [0, 0.05) is 11.5 Å². The molecule has 128 valence electrons. The number of carbonyl (C=O) groups excluding carboxylic acids is 1. The van der Waals surface area contributed by atoms with Crippen LogP contribution in [0.25, 0.3) is 11.4 Å². The maximum Gasteiger partial charge on any atom is 0.249 e. The van der Waals surface area contributed by atoms with E-state index in [0.29, 0.717) is 11.7 Å². The Morgan fingerprint density at radius 2 is 1.96 bits per heavy atom. The number of rotatable bonds is 5. The molecule has 1 aliphatic rings. The van der Waals surface area contributed by atoms with E-state index in [4.69, 9.17) is 9.26 Å². The Hall–Kier alpha value is -2.37. The van der Waals surface area contributed by atoms with Gasteiger partial charge in [-0.3, -0.25) is 4.79 Å². The number of amides is 1. The summed E-state index contributed by atoms with van der Waals surface area (Å²) in [4.78, 5) is 16.7. The molecule has 1 N–H and O–H groups in total. The number of nitrogens with one attached hydrogen (secondary N) is 1. The quantitative estimate of drug-likeness (QED) is 0.908. The van der Waals surface area contributed by atoms with E-state index in [0.717, 1.165) is 37.0 Å². The summed E-state index contributed by atoms with van der Waals surface area (Å²) >= 11 is 0. The number of hydrogen-bond acceptors (Lipinski definition) is 5. The highest BCUT2D eigenvalue weighted by atomic mass is 16.5. The van der Waals surface area contributed by atoms with Crippen LogP contribution in [0.3, 0.4) is 0 Å². The van der Waals surface area contributed by atoms with Crippen LogP contribution in [0, 0.1) is 5.92 Å². The standard InChI is InChI=1S/C18H23N3O3/c1-12(19-17(22)14-6-4-3-5-7-14)18-20-16(21-24-18)13-8-10-15(23-2)11-9-13/h8-12,14H,3-7H2,1-2H3,(H,19,22)/t12-/m0/s1. The van der Waals surface area contributed by atoms with E-state index >= 15 is 0 Å². The van der Waals surface area contributed by atoms with E-state index in [1.807, 2.05) is 31.2 Å². The fraction of sp³-hybridized carbons (Fsp3) is 0.500. The number of hydrogen-bond donors (Lipinski definition) is 1. The monoisotopic (exact) mass is 329 g/mol. The Balaban J connectivity index is 1.64. The SMILES string of the molecule is COc1ccc(-c2noc([C@H](C)NC(=O)C3CCCCC3)n2)cc1. The number of benzene rings is 1. The van der Waals surface area contributed by atoms with Gasteiger partial charge < -0.3 is 14.6 Å². The van der Waals surface area contributed by atoms with E-state index in [1.54, 1.807) is 7.11 Å². The molecule has 0 radical (unpaired) electrons. The van der Waals surface area contributed by atoms with Crippen LogP contribution in [0.5, 0.6) is 5.75 Å². The van der Waals surface area contributed by atoms with E-state index in [2.05, 4.69) is 15.5 Å². The molecule has 6 heteroatoms. The van der Waals surface area contributed by atoms with Crippen LogP contribution >= 0.6 is 0 Å². The Morgan fingerprint density at radius 3 is 2.62 bits per heavy atom. The molecule has 24 heavy (non-hydrogen) atoms. The predicted octanol–water partition coefficient (Wildman–Crippen LogP) is 3.50. The molecule has 0 saturated heterocycles. The van der Waals surface area contributed by atoms with Gasteiger partial charge in [0.05, 0.1) is 7.11 Å². The van der Waals surface area contributed by atoms with Gasteiger partial charge in [0.1, 0.15) is 11.8 Å². The van der Waals surface area contributed by atoms with Crippen molar-refractivity contribution in [3.05, 3.63) is 30.2 Å². The molecule has 0 unspecified atom stereocenters. The van der Waals surface area contributed by atoms with Crippen LogP contribution < -0.4 is 10.1 Å². The predicted molar refractivity (Wildman–Crippen MR) is 89.4 cm³/mol. The topological polar surface area (TPSA) is 77.3 Å². The molecule has 3 rings (SSSR count). The average Bonchev–Trinajstić information content (AvgIpc) is 3.13. The van der Waals surface area contributed by atoms with E-state index in [9.17, 15) is 4.79 Å². The molecule has 1 aromatic heterocycles. The largest absolute Gasteiger partial charge is 0.497 e. The highest BCUT2D eigenvalue weighted by Gasteiger charge is 2.24. The van der Waals surface area contributed by atoms with Crippen LogP contribution in [0.15, 0.2) is 28.8 Å². The Morgan fingerprint density at radius 1 is 1.25 bits per heavy atom. The minimum atomic E-state index is -0.293. The summed E-state index contributed by atoms with van der Waals surface area (Å²) in [6, 6.07) is 7.15. The number of carbonyl (C=O) groups is 1. The van der Waals surface area contributed by atoms with Gasteiger partial charge in [-0.2, -0.15) is 4.98 Å². The van der Waals surface area contributed by atoms with Crippen molar-refractivity contribution in [2.24, 2.45) is 5.92 Å². The van der Waals surface area contributed by atoms with Crippen molar-refractivity contribution in [2.75, 3.05) is 7.11 Å². The second kappa shape index (κ2) is 7.47. The number of methoxy groups -OCH3 is 1. The van der Waals surface area contributed by atoms with Crippen LogP contribution in [0.4, 0.5) is 0 Å². The van der Waals surface area contributed by atoms with Gasteiger partial charge in [0.25, 0.3) is 0 Å². The molecule has 1 heterocycles. The lowest BCUT2D eigenvalue weighted by atomic mass is 9.88. The smallest absolute Gasteiger partial charge is 0.249 e. The van der Waals surface area contributed by atoms with Crippen molar-refractivity contribution < 1.29 is 14.1 Å². The van der Waals surface area contributed by atoms with Crippen molar-refractivity contribution in [3.8, 4) is 17.1 Å². The third-order valence-electron chi connectivity index (χ3n) is 4.50. The molecular formula is C18H23N3O3. The summed E-state index contributed by atoms with van der Waals surface area (Å²) in [5.41, 5.74) is 0.844. The van der Waals surface area contributed by atoms with E-state index < -0.39 is 0 Å². The van der Waals surface area contributed by atoms with Gasteiger partial charge in [-0.1, -0.05) is 24.4 Å². The maximum absolute atomic E-state index is 12.3. The zero-order valence-corrected chi connectivity index (χ0v) is 14.1. The van der Waals surface area contributed by atoms with Crippen molar-refractivity contribution in [1.29, 1.82) is 0 Å². The van der Waals surface area contributed by atoms with E-state index in [-0.39, 0.29) is 17.9 Å². The molecule has 1 aromatic carbocycles. The molecule has 0 aliphatic heterocycles. The van der Waals surface area contributed by atoms with E-state index in [1.165, 1.54) is 6.42 Å². The Bertz CT molecular complexity index is 675. The zero-order chi connectivity index (χ0) is 16.9. The highest BCUT2D eigenvalue weighted by Crippen LogP contribution is 2.25. The van der Waals surface area contributed by atoms with Crippen LogP contribution in [-0.2, 0) is 4.79 Å². The molecule has 1 saturated carbocycles. The summed E-state index contributed by atoms with van der Waals surface area (Å²) in [6.45, 7) is 1.87. The summed E-state index contributed by atoms with van der Waals surface area (Å²) < 4.78 is 10.5. The highest BCUT2D eigenvalue weighted by molar-refractivity contribution is 5.79. The fourth-order valence-corrected chi connectivity index (χ4v) is 3.03. The van der Waals surface area contributed by atoms with Crippen molar-refractivity contribution >= 4 is 5.91 Å². The maximum atomic E-state index is 12.3. The molecule has 1 atom stereocenters. The molecule has 1 fully saturated rings. The molecule has 6 nitrogen and oxygen atoms in total. The fourth-order valence-electron chi connectivity index (χ4n) is 3.03. The Kier molecular flexibility index (Phi) is 5.13. The first-order chi connectivity index (χ1) is 11.7. The van der Waals surface area contributed by atoms with Gasteiger partial charge in [-0.15, -0.1) is 0 Å². The lowest BCUT2D eigenvalue weighted by Crippen LogP contribution is -2.33. The molecule has 0 spiro atoms. The van der Waals surface area contributed by atoms with Crippen LogP contribution in [0.1, 0.15) is 51.0 Å². The zero-order valence-electron chi connectivity index (χ0n) is 14.1. The Labute approximate surface area is 141 Å². The first-order valence-corrected chi connectivity index (χ1v) is 8.46. The molecule has 1 aliphatic carbocycles. The third kappa shape index (κ3) is 3.75. The van der Waals surface area contributed by atoms with Gasteiger partial charge in [-0.25, -0.2) is 0 Å². The molecule has 0 bridgehead atoms. The lowest BCUT2D eigenvalue weighted by Gasteiger charge is -2.22. The van der Waals surface area contributed by atoms with Gasteiger partial charge >= 0.3 is 0 Å². The third-order valence-corrected chi connectivity index (χ3v) is 4.50. The van der Waals surface area contributed by atoms with Crippen molar-refractivity contribution in [2.45, 2.75) is 45.1 Å². The average molecular weight is 329 g/mol. The summed E-state index contributed by atoms with van der Waals surface area (Å²) in [7, 11) is 1.62. The summed E-state index contributed by atoms with van der Waals surface area (Å²) in [6.07, 6.45) is 5.44. The second-order valence-corrected chi connectivity index (χ2v) is 6.25. The second-order valence-electron chi connectivity index (χ2n) is 6.25. The first-order valence-electron chi connectivity index (χ1n) is 8.46.